The molecule has 0 N–H and O–H groups in total. The van der Waals surface area contributed by atoms with Crippen molar-refractivity contribution in [3.63, 3.8) is 0 Å². The highest BCUT2D eigenvalue weighted by Crippen LogP contribution is 2.31. The Morgan fingerprint density at radius 3 is 1.37 bits per heavy atom. The number of carbonyl (C=O) groups excluding carboxylic acids is 2. The normalized spacial score (nSPS) is 14.3. The van der Waals surface area contributed by atoms with Crippen molar-refractivity contribution in [3.8, 4) is 0 Å². The molecule has 0 aromatic carbocycles. The molecule has 0 aromatic rings. The van der Waals surface area contributed by atoms with Crippen molar-refractivity contribution < 1.29 is 39.6 Å². The Kier molecular flexibility index (Phi) is 14.2. The summed E-state index contributed by atoms with van der Waals surface area (Å²) in [6, 6.07) is 0. The van der Waals surface area contributed by atoms with Crippen LogP contribution in [-0.2, 0) is 39.6 Å². The second-order valence-electron chi connectivity index (χ2n) is 13.3. The maximum Gasteiger partial charge on any atom is 0.515 e. The Balaban J connectivity index is 6.95. The molecule has 1 unspecified atom stereocenters. The zero-order valence-electron chi connectivity index (χ0n) is 26.2. The van der Waals surface area contributed by atoms with Crippen molar-refractivity contribution in [2.45, 2.75) is 105 Å². The molecule has 0 bridgehead atoms. The van der Waals surface area contributed by atoms with Gasteiger partial charge < -0.3 is 30.0 Å². The summed E-state index contributed by atoms with van der Waals surface area (Å²) in [6.07, 6.45) is 0.111. The third kappa shape index (κ3) is 16.6. The average molecular weight is 641 g/mol. The van der Waals surface area contributed by atoms with Crippen molar-refractivity contribution in [1.82, 2.24) is 0 Å². The molecule has 0 aromatic heterocycles. The maximum absolute atomic E-state index is 12.9. The van der Waals surface area contributed by atoms with Crippen molar-refractivity contribution in [1.29, 1.82) is 0 Å². The highest BCUT2D eigenvalue weighted by atomic mass is 28.5. The van der Waals surface area contributed by atoms with Crippen LogP contribution < -0.4 is 0 Å². The van der Waals surface area contributed by atoms with E-state index in [4.69, 9.17) is 30.0 Å². The number of rotatable bonds is 17. The lowest BCUT2D eigenvalue weighted by molar-refractivity contribution is -0.145. The van der Waals surface area contributed by atoms with Gasteiger partial charge in [0, 0.05) is 17.6 Å². The van der Waals surface area contributed by atoms with E-state index in [-0.39, 0.29) is 24.2 Å². The molecule has 0 spiro atoms. The maximum atomic E-state index is 12.9. The molecule has 0 saturated heterocycles. The molecule has 1 atom stereocenters. The minimum atomic E-state index is -3.88. The zero-order valence-corrected chi connectivity index (χ0v) is 32.3. The second kappa shape index (κ2) is 14.4. The first kappa shape index (κ1) is 37.5. The molecular weight excluding hydrogens is 589 g/mol. The van der Waals surface area contributed by atoms with E-state index in [0.29, 0.717) is 0 Å². The van der Waals surface area contributed by atoms with E-state index in [1.165, 1.54) is 0 Å². The molecule has 0 radical (unpaired) electrons. The molecule has 0 aliphatic rings. The Morgan fingerprint density at radius 2 is 1.05 bits per heavy atom. The Morgan fingerprint density at radius 1 is 0.658 bits per heavy atom. The first-order valence-electron chi connectivity index (χ1n) is 12.9. The zero-order chi connectivity index (χ0) is 30.3. The summed E-state index contributed by atoms with van der Waals surface area (Å²) in [5.41, 5.74) is -0.464. The summed E-state index contributed by atoms with van der Waals surface area (Å²) in [6.45, 7) is 35.1. The van der Waals surface area contributed by atoms with E-state index >= 15 is 0 Å². The van der Waals surface area contributed by atoms with Gasteiger partial charge in [-0.3, -0.25) is 0 Å². The predicted molar refractivity (Wildman–Crippen MR) is 167 cm³/mol. The van der Waals surface area contributed by atoms with Gasteiger partial charge in [-0.25, -0.2) is 9.59 Å². The Labute approximate surface area is 238 Å². The number of hydrogen-bond donors (Lipinski definition) is 0. The minimum absolute atomic E-state index is 0.0436. The van der Waals surface area contributed by atoms with Gasteiger partial charge in [0.05, 0.1) is 6.61 Å². The Bertz CT molecular complexity index is 806. The summed E-state index contributed by atoms with van der Waals surface area (Å²) in [5, 5.41) is 0. The van der Waals surface area contributed by atoms with Crippen LogP contribution in [0.2, 0.25) is 78.6 Å². The van der Waals surface area contributed by atoms with E-state index in [9.17, 15) is 9.59 Å². The number of ether oxygens (including phenoxy) is 2. The van der Waals surface area contributed by atoms with Crippen LogP contribution in [0.3, 0.4) is 0 Å². The fourth-order valence-corrected chi connectivity index (χ4v) is 21.4. The van der Waals surface area contributed by atoms with E-state index in [1.807, 2.05) is 39.3 Å². The first-order chi connectivity index (χ1) is 16.8. The molecule has 0 rings (SSSR count). The summed E-state index contributed by atoms with van der Waals surface area (Å²) >= 11 is 0. The van der Waals surface area contributed by atoms with Crippen molar-refractivity contribution in [3.05, 3.63) is 24.3 Å². The van der Waals surface area contributed by atoms with E-state index in [0.717, 1.165) is 0 Å². The molecule has 9 nitrogen and oxygen atoms in total. The van der Waals surface area contributed by atoms with Crippen LogP contribution in [0.1, 0.15) is 20.3 Å². The lowest BCUT2D eigenvalue weighted by atomic mass is 10.3. The van der Waals surface area contributed by atoms with Gasteiger partial charge in [-0.15, -0.1) is 0 Å². The molecule has 38 heavy (non-hydrogen) atoms. The van der Waals surface area contributed by atoms with Gasteiger partial charge >= 0.3 is 30.3 Å². The van der Waals surface area contributed by atoms with Gasteiger partial charge in [-0.2, -0.15) is 0 Å². The first-order valence-corrected chi connectivity index (χ1v) is 29.7. The van der Waals surface area contributed by atoms with Crippen LogP contribution in [0.4, 0.5) is 0 Å². The lowest BCUT2D eigenvalue weighted by Crippen LogP contribution is -2.68. The van der Waals surface area contributed by atoms with Gasteiger partial charge in [0.25, 0.3) is 0 Å². The smallest absolute Gasteiger partial charge is 0.462 e. The SMILES string of the molecule is C=C(C)C(=O)OCCC(OC(=O)C(=C)C)[Si](O[SiH](O[Si](C)(C)C)O[Si](C)(C)C)(O[Si](C)(C)C)O[Si](C)(C)C. The van der Waals surface area contributed by atoms with Crippen LogP contribution in [0.15, 0.2) is 24.3 Å². The van der Waals surface area contributed by atoms with Gasteiger partial charge in [0.15, 0.2) is 39.0 Å². The minimum Gasteiger partial charge on any atom is -0.462 e. The van der Waals surface area contributed by atoms with Crippen molar-refractivity contribution >= 4 is 63.5 Å². The largest absolute Gasteiger partial charge is 0.515 e. The van der Waals surface area contributed by atoms with E-state index in [1.54, 1.807) is 13.8 Å². The number of carbonyl (C=O) groups is 2. The number of esters is 2. The third-order valence-corrected chi connectivity index (χ3v) is 21.7. The van der Waals surface area contributed by atoms with Gasteiger partial charge in [-0.1, -0.05) is 13.2 Å². The van der Waals surface area contributed by atoms with Crippen LogP contribution in [-0.4, -0.2) is 75.9 Å². The highest BCUT2D eigenvalue weighted by Gasteiger charge is 2.59. The Hall–Kier alpha value is -0.479. The van der Waals surface area contributed by atoms with Crippen LogP contribution in [0, 0.1) is 0 Å². The summed E-state index contributed by atoms with van der Waals surface area (Å²) in [7, 11) is -15.7. The van der Waals surface area contributed by atoms with Crippen molar-refractivity contribution in [2.75, 3.05) is 6.61 Å². The van der Waals surface area contributed by atoms with Gasteiger partial charge in [0.2, 0.25) is 0 Å². The standard InChI is InChI=1S/C23H52O9Si6/c1-19(2)22(24)26-18-17-21(27-23(25)20(3)4)38(31-36(11,12)13,32-37(14,15)16)30-33(28-34(5,6)7)29-35(8,9)10/h21,33H,1,3,17-18H2,2,4-16H3. The molecule has 15 heteroatoms. The molecule has 0 fully saturated rings. The quantitative estimate of drug-likeness (QED) is 0.114. The molecule has 0 aliphatic carbocycles. The highest BCUT2D eigenvalue weighted by molar-refractivity contribution is 6.89. The van der Waals surface area contributed by atoms with Crippen LogP contribution in [0.25, 0.3) is 0 Å². The summed E-state index contributed by atoms with van der Waals surface area (Å²) in [5.74, 6) is -1.13. The molecule has 0 aliphatic heterocycles. The van der Waals surface area contributed by atoms with Gasteiger partial charge in [0.1, 0.15) is 0 Å². The van der Waals surface area contributed by atoms with E-state index < -0.39 is 69.3 Å². The fourth-order valence-electron chi connectivity index (χ4n) is 2.83. The topological polar surface area (TPSA) is 98.8 Å². The predicted octanol–water partition coefficient (Wildman–Crippen LogP) is 5.60. The summed E-state index contributed by atoms with van der Waals surface area (Å²) < 4.78 is 44.8. The van der Waals surface area contributed by atoms with Crippen LogP contribution >= 0.6 is 0 Å². The number of hydrogen-bond acceptors (Lipinski definition) is 9. The average Bonchev–Trinajstić information content (AvgIpc) is 2.60. The van der Waals surface area contributed by atoms with Crippen LogP contribution in [0.5, 0.6) is 0 Å². The lowest BCUT2D eigenvalue weighted by Gasteiger charge is -2.45. The molecule has 222 valence electrons. The second-order valence-corrected chi connectivity index (χ2v) is 37.1. The molecular formula is C23H52O9Si6. The monoisotopic (exact) mass is 640 g/mol. The third-order valence-electron chi connectivity index (χ3n) is 4.01. The summed E-state index contributed by atoms with van der Waals surface area (Å²) in [4.78, 5) is 25.0. The van der Waals surface area contributed by atoms with E-state index in [2.05, 4.69) is 52.4 Å². The molecule has 0 amide bonds. The molecule has 0 heterocycles. The van der Waals surface area contributed by atoms with Crippen molar-refractivity contribution in [2.24, 2.45) is 0 Å². The molecule has 0 saturated carbocycles. The van der Waals surface area contributed by atoms with Gasteiger partial charge in [-0.05, 0) is 92.4 Å². The fraction of sp³-hybridized carbons (Fsp3) is 0.739.